The monoisotopic (exact) mass is 733 g/mol. The Morgan fingerprint density at radius 1 is 0.925 bits per heavy atom. The number of benzene rings is 3. The van der Waals surface area contributed by atoms with Crippen LogP contribution < -0.4 is 4.74 Å². The standard InChI is InChI=1S/C37H42N4O2.C7H14NOP/c1-8-22-40(23-9-2)36(42)41-34(29-18-14-27(25-38)15-19-29)33(28-16-12-26(10-3)13-17-28)39-35(41)31-21-20-30(37(5,6)7)24-32(31)43-11-4;1-2-7(9)8-3-5-10-6-4-8/h3,12-21,24,33-34H,8-9,11,22-23H2,1-2,4-7H3;10H,2-6H2,1H3. The Kier molecular flexibility index (Phi) is 15.1. The van der Waals surface area contributed by atoms with E-state index in [2.05, 4.69) is 58.7 Å². The van der Waals surface area contributed by atoms with E-state index in [1.54, 1.807) is 12.1 Å². The molecule has 2 atom stereocenters. The summed E-state index contributed by atoms with van der Waals surface area (Å²) in [7, 11) is 1.09. The van der Waals surface area contributed by atoms with Gasteiger partial charge in [-0.3, -0.25) is 14.7 Å². The van der Waals surface area contributed by atoms with Crippen LogP contribution in [0.3, 0.4) is 0 Å². The van der Waals surface area contributed by atoms with Crippen LogP contribution in [-0.2, 0) is 10.2 Å². The second kappa shape index (κ2) is 19.4. The van der Waals surface area contributed by atoms with Gasteiger partial charge in [0, 0.05) is 38.2 Å². The van der Waals surface area contributed by atoms with Crippen molar-refractivity contribution in [1.82, 2.24) is 14.7 Å². The smallest absolute Gasteiger partial charge is 0.326 e. The van der Waals surface area contributed by atoms with Crippen molar-refractivity contribution in [3.05, 3.63) is 100 Å². The molecule has 0 radical (unpaired) electrons. The maximum Gasteiger partial charge on any atom is 0.326 e. The SMILES string of the molecule is C#Cc1ccc(C2N=C(c3ccc(C(C)(C)C)cc3OCC)N(C(=O)N(CCC)CCC)C2c2ccc(C#N)cc2)cc1.CCC(=O)N1CCPCC1. The molecule has 2 aliphatic rings. The molecule has 2 heterocycles. The summed E-state index contributed by atoms with van der Waals surface area (Å²) >= 11 is 0. The first kappa shape index (κ1) is 41.1. The topological polar surface area (TPSA) is 89.2 Å². The summed E-state index contributed by atoms with van der Waals surface area (Å²) in [4.78, 5) is 36.8. The van der Waals surface area contributed by atoms with E-state index in [1.807, 2.05) is 71.0 Å². The predicted molar refractivity (Wildman–Crippen MR) is 218 cm³/mol. The molecule has 3 amide bonds. The summed E-state index contributed by atoms with van der Waals surface area (Å²) in [5, 5.41) is 9.48. The summed E-state index contributed by atoms with van der Waals surface area (Å²) in [5.41, 5.74) is 5.02. The van der Waals surface area contributed by atoms with Crippen LogP contribution in [0.15, 0.2) is 71.7 Å². The van der Waals surface area contributed by atoms with Gasteiger partial charge in [0.1, 0.15) is 17.6 Å². The first-order valence-corrected chi connectivity index (χ1v) is 20.4. The predicted octanol–water partition coefficient (Wildman–Crippen LogP) is 8.94. The Morgan fingerprint density at radius 2 is 1.53 bits per heavy atom. The largest absolute Gasteiger partial charge is 0.493 e. The average Bonchev–Trinajstić information content (AvgIpc) is 3.58. The zero-order valence-corrected chi connectivity index (χ0v) is 33.6. The van der Waals surface area contributed by atoms with E-state index >= 15 is 0 Å². The van der Waals surface area contributed by atoms with Crippen molar-refractivity contribution in [2.75, 3.05) is 45.1 Å². The number of nitriles is 1. The van der Waals surface area contributed by atoms with E-state index in [0.29, 0.717) is 49.2 Å². The molecule has 5 rings (SSSR count). The lowest BCUT2D eigenvalue weighted by Gasteiger charge is -2.34. The van der Waals surface area contributed by atoms with Crippen molar-refractivity contribution >= 4 is 26.4 Å². The van der Waals surface area contributed by atoms with Crippen LogP contribution in [0.1, 0.15) is 113 Å². The first-order chi connectivity index (χ1) is 25.5. The van der Waals surface area contributed by atoms with E-state index in [1.165, 1.54) is 12.3 Å². The summed E-state index contributed by atoms with van der Waals surface area (Å²) in [6, 6.07) is 22.8. The van der Waals surface area contributed by atoms with Gasteiger partial charge in [-0.15, -0.1) is 15.0 Å². The number of ether oxygens (including phenoxy) is 1. The van der Waals surface area contributed by atoms with E-state index < -0.39 is 12.1 Å². The zero-order chi connectivity index (χ0) is 38.5. The van der Waals surface area contributed by atoms with Crippen LogP contribution in [0.4, 0.5) is 4.79 Å². The Bertz CT molecular complexity index is 1790. The van der Waals surface area contributed by atoms with Crippen LogP contribution in [0, 0.1) is 23.7 Å². The van der Waals surface area contributed by atoms with E-state index in [0.717, 1.165) is 62.3 Å². The lowest BCUT2D eigenvalue weighted by Crippen LogP contribution is -2.47. The molecular formula is C44H56N5O3P. The van der Waals surface area contributed by atoms with Crippen molar-refractivity contribution in [2.45, 2.75) is 85.2 Å². The molecule has 0 aromatic heterocycles. The van der Waals surface area contributed by atoms with Crippen molar-refractivity contribution in [3.8, 4) is 24.2 Å². The van der Waals surface area contributed by atoms with E-state index in [4.69, 9.17) is 16.2 Å². The highest BCUT2D eigenvalue weighted by molar-refractivity contribution is 7.38. The van der Waals surface area contributed by atoms with Crippen LogP contribution >= 0.6 is 8.58 Å². The second-order valence-electron chi connectivity index (χ2n) is 14.4. The van der Waals surface area contributed by atoms with Crippen LogP contribution in [0.5, 0.6) is 5.75 Å². The Morgan fingerprint density at radius 3 is 2.06 bits per heavy atom. The molecule has 1 saturated heterocycles. The fourth-order valence-corrected chi connectivity index (χ4v) is 7.75. The molecule has 0 saturated carbocycles. The third-order valence-corrected chi connectivity index (χ3v) is 10.6. The summed E-state index contributed by atoms with van der Waals surface area (Å²) < 4.78 is 6.22. The highest BCUT2D eigenvalue weighted by Gasteiger charge is 2.44. The number of nitrogens with zero attached hydrogens (tertiary/aromatic N) is 5. The van der Waals surface area contributed by atoms with Crippen LogP contribution in [0.2, 0.25) is 0 Å². The molecule has 0 spiro atoms. The molecule has 3 aromatic carbocycles. The number of hydrogen-bond acceptors (Lipinski definition) is 5. The molecule has 8 nitrogen and oxygen atoms in total. The number of rotatable bonds is 10. The number of urea groups is 1. The fraction of sp³-hybridized carbons (Fsp3) is 0.455. The zero-order valence-electron chi connectivity index (χ0n) is 32.6. The van der Waals surface area contributed by atoms with Crippen molar-refractivity contribution in [3.63, 3.8) is 0 Å². The fourth-order valence-electron chi connectivity index (χ4n) is 6.65. The van der Waals surface area contributed by atoms with Crippen molar-refractivity contribution in [2.24, 2.45) is 4.99 Å². The Hall–Kier alpha value is -4.65. The molecule has 2 aliphatic heterocycles. The molecule has 0 aliphatic carbocycles. The number of carbonyl (C=O) groups is 2. The van der Waals surface area contributed by atoms with E-state index in [-0.39, 0.29) is 11.4 Å². The number of terminal acetylenes is 1. The maximum atomic E-state index is 14.6. The molecule has 1 fully saturated rings. The Labute approximate surface area is 319 Å². The Balaban J connectivity index is 0.000000541. The van der Waals surface area contributed by atoms with Gasteiger partial charge in [-0.1, -0.05) is 77.8 Å². The number of hydrogen-bond donors (Lipinski definition) is 0. The van der Waals surface area contributed by atoms with Gasteiger partial charge >= 0.3 is 6.03 Å². The molecule has 280 valence electrons. The molecule has 3 aromatic rings. The van der Waals surface area contributed by atoms with Gasteiger partial charge in [0.25, 0.3) is 0 Å². The van der Waals surface area contributed by atoms with Gasteiger partial charge in [-0.05, 0) is 90.6 Å². The minimum atomic E-state index is -0.445. The maximum absolute atomic E-state index is 14.6. The number of amides is 3. The summed E-state index contributed by atoms with van der Waals surface area (Å²) in [6.45, 7) is 18.3. The van der Waals surface area contributed by atoms with Gasteiger partial charge in [-0.25, -0.2) is 4.79 Å². The molecule has 2 unspecified atom stereocenters. The van der Waals surface area contributed by atoms with Crippen molar-refractivity contribution < 1.29 is 14.3 Å². The summed E-state index contributed by atoms with van der Waals surface area (Å²) in [6.07, 6.45) is 10.5. The van der Waals surface area contributed by atoms with Crippen LogP contribution in [0.25, 0.3) is 0 Å². The van der Waals surface area contributed by atoms with Gasteiger partial charge in [0.2, 0.25) is 5.91 Å². The molecule has 9 heteroatoms. The number of aliphatic imine (C=N–C) groups is 1. The number of carbonyl (C=O) groups excluding carboxylic acids is 2. The molecule has 0 bridgehead atoms. The third kappa shape index (κ3) is 10.3. The first-order valence-electron chi connectivity index (χ1n) is 19.0. The van der Waals surface area contributed by atoms with Gasteiger partial charge in [0.15, 0.2) is 0 Å². The molecule has 0 N–H and O–H groups in total. The quantitative estimate of drug-likeness (QED) is 0.154. The van der Waals surface area contributed by atoms with E-state index in [9.17, 15) is 14.9 Å². The van der Waals surface area contributed by atoms with Crippen molar-refractivity contribution in [1.29, 1.82) is 5.26 Å². The molecular weight excluding hydrogens is 677 g/mol. The minimum absolute atomic E-state index is 0.0806. The highest BCUT2D eigenvalue weighted by atomic mass is 31.1. The normalized spacial score (nSPS) is 16.8. The number of amidine groups is 1. The lowest BCUT2D eigenvalue weighted by atomic mass is 9.86. The third-order valence-electron chi connectivity index (χ3n) is 9.49. The lowest BCUT2D eigenvalue weighted by molar-refractivity contribution is -0.130. The summed E-state index contributed by atoms with van der Waals surface area (Å²) in [5.74, 6) is 4.29. The average molecular weight is 734 g/mol. The minimum Gasteiger partial charge on any atom is -0.493 e. The van der Waals surface area contributed by atoms with Crippen LogP contribution in [-0.4, -0.2) is 77.6 Å². The second-order valence-corrected chi connectivity index (χ2v) is 15.9. The van der Waals surface area contributed by atoms with Gasteiger partial charge in [0.05, 0.1) is 29.8 Å². The van der Waals surface area contributed by atoms with Gasteiger partial charge in [-0.2, -0.15) is 5.26 Å². The molecule has 53 heavy (non-hydrogen) atoms. The van der Waals surface area contributed by atoms with Gasteiger partial charge < -0.3 is 14.5 Å². The highest BCUT2D eigenvalue weighted by Crippen LogP contribution is 2.45.